The van der Waals surface area contributed by atoms with Crippen molar-refractivity contribution in [3.8, 4) is 22.4 Å². The van der Waals surface area contributed by atoms with Crippen molar-refractivity contribution in [1.82, 2.24) is 14.1 Å². The summed E-state index contributed by atoms with van der Waals surface area (Å²) in [4.78, 5) is 4.32. The maximum atomic E-state index is 11.3. The molecule has 0 radical (unpaired) electrons. The average molecular weight is 458 g/mol. The summed E-state index contributed by atoms with van der Waals surface area (Å²) in [6.07, 6.45) is 3.13. The quantitative estimate of drug-likeness (QED) is 0.303. The van der Waals surface area contributed by atoms with E-state index in [1.807, 2.05) is 23.8 Å². The number of aliphatic hydroxyl groups is 1. The third-order valence-corrected chi connectivity index (χ3v) is 6.78. The van der Waals surface area contributed by atoms with Gasteiger partial charge in [0.15, 0.2) is 0 Å². The third kappa shape index (κ3) is 3.82. The molecular weight excluding hydrogens is 430 g/mol. The molecule has 0 aliphatic heterocycles. The number of hydrogen-bond donors (Lipinski definition) is 1. The van der Waals surface area contributed by atoms with Crippen molar-refractivity contribution in [2.75, 3.05) is 0 Å². The van der Waals surface area contributed by atoms with E-state index in [9.17, 15) is 5.11 Å². The summed E-state index contributed by atoms with van der Waals surface area (Å²) in [5, 5.41) is 14.9. The van der Waals surface area contributed by atoms with Gasteiger partial charge in [0.1, 0.15) is 5.82 Å². The van der Waals surface area contributed by atoms with Crippen molar-refractivity contribution in [2.45, 2.75) is 26.1 Å². The number of imidazole rings is 1. The van der Waals surface area contributed by atoms with Gasteiger partial charge in [-0.3, -0.25) is 0 Å². The highest BCUT2D eigenvalue weighted by Crippen LogP contribution is 2.43. The molecule has 6 aromatic rings. The summed E-state index contributed by atoms with van der Waals surface area (Å²) >= 11 is 0. The van der Waals surface area contributed by atoms with Crippen LogP contribution in [0.4, 0.5) is 0 Å². The van der Waals surface area contributed by atoms with Gasteiger partial charge >= 0.3 is 0 Å². The summed E-state index contributed by atoms with van der Waals surface area (Å²) in [6, 6.07) is 34.0. The molecule has 6 rings (SSSR count). The Morgan fingerprint density at radius 2 is 1.43 bits per heavy atom. The van der Waals surface area contributed by atoms with E-state index in [4.69, 9.17) is 0 Å². The van der Waals surface area contributed by atoms with E-state index in [0.717, 1.165) is 22.6 Å². The van der Waals surface area contributed by atoms with Gasteiger partial charge in [0, 0.05) is 28.7 Å². The van der Waals surface area contributed by atoms with Crippen LogP contribution in [0.3, 0.4) is 0 Å². The minimum atomic E-state index is -0.580. The highest BCUT2D eigenvalue weighted by Gasteiger charge is 2.23. The number of fused-ring (bicyclic) bond motifs is 3. The monoisotopic (exact) mass is 457 g/mol. The minimum absolute atomic E-state index is 0.471. The SMILES string of the molecule is Cc1nccn1C[C@@H](O)Cn1c(-c2ccccc2)c(-c2ccccc2)c2ccc3ccccc3c21. The van der Waals surface area contributed by atoms with Gasteiger partial charge in [-0.05, 0) is 23.4 Å². The number of aromatic nitrogens is 3. The molecule has 2 heterocycles. The summed E-state index contributed by atoms with van der Waals surface area (Å²) in [6.45, 7) is 2.93. The fourth-order valence-corrected chi connectivity index (χ4v) is 5.19. The molecule has 2 aromatic heterocycles. The second-order valence-electron chi connectivity index (χ2n) is 9.03. The summed E-state index contributed by atoms with van der Waals surface area (Å²) in [5.74, 6) is 0.903. The van der Waals surface area contributed by atoms with Crippen LogP contribution >= 0.6 is 0 Å². The zero-order chi connectivity index (χ0) is 23.8. The highest BCUT2D eigenvalue weighted by atomic mass is 16.3. The average Bonchev–Trinajstić information content (AvgIpc) is 3.45. The van der Waals surface area contributed by atoms with E-state index in [-0.39, 0.29) is 0 Å². The first-order valence-electron chi connectivity index (χ1n) is 12.0. The van der Waals surface area contributed by atoms with Crippen LogP contribution in [0, 0.1) is 6.92 Å². The van der Waals surface area contributed by atoms with E-state index < -0.39 is 6.10 Å². The Labute approximate surface area is 204 Å². The molecule has 0 aliphatic carbocycles. The van der Waals surface area contributed by atoms with Crippen molar-refractivity contribution < 1.29 is 5.11 Å². The summed E-state index contributed by atoms with van der Waals surface area (Å²) < 4.78 is 4.33. The predicted molar refractivity (Wildman–Crippen MR) is 143 cm³/mol. The summed E-state index contributed by atoms with van der Waals surface area (Å²) in [7, 11) is 0. The molecule has 1 N–H and O–H groups in total. The van der Waals surface area contributed by atoms with Crippen molar-refractivity contribution in [2.24, 2.45) is 0 Å². The van der Waals surface area contributed by atoms with Crippen LogP contribution in [-0.4, -0.2) is 25.3 Å². The van der Waals surface area contributed by atoms with Crippen molar-refractivity contribution in [1.29, 1.82) is 0 Å². The smallest absolute Gasteiger partial charge is 0.105 e. The number of aliphatic hydroxyl groups excluding tert-OH is 1. The first-order chi connectivity index (χ1) is 17.2. The fourth-order valence-electron chi connectivity index (χ4n) is 5.19. The van der Waals surface area contributed by atoms with Crippen LogP contribution in [0.5, 0.6) is 0 Å². The van der Waals surface area contributed by atoms with Gasteiger partial charge in [-0.1, -0.05) is 97.1 Å². The molecule has 1 atom stereocenters. The largest absolute Gasteiger partial charge is 0.389 e. The fraction of sp³-hybridized carbons (Fsp3) is 0.129. The Morgan fingerprint density at radius 3 is 2.14 bits per heavy atom. The summed E-state index contributed by atoms with van der Waals surface area (Å²) in [5.41, 5.74) is 5.79. The van der Waals surface area contributed by atoms with Crippen LogP contribution in [0.1, 0.15) is 5.82 Å². The molecule has 0 bridgehead atoms. The van der Waals surface area contributed by atoms with Crippen LogP contribution in [0.25, 0.3) is 44.1 Å². The standard InChI is InChI=1S/C31H27N3O/c1-22-32-18-19-33(22)20-26(35)21-34-30(25-13-6-3-7-14-25)29(24-11-4-2-5-12-24)28-17-16-23-10-8-9-15-27(23)31(28)34/h2-19,26,35H,20-21H2,1H3/t26-/m1/s1. The molecule has 0 amide bonds. The second kappa shape index (κ2) is 8.90. The lowest BCUT2D eigenvalue weighted by atomic mass is 9.97. The predicted octanol–water partition coefficient (Wildman–Crippen LogP) is 6.69. The number of hydrogen-bond acceptors (Lipinski definition) is 2. The Morgan fingerprint density at radius 1 is 0.743 bits per heavy atom. The van der Waals surface area contributed by atoms with E-state index in [1.165, 1.54) is 27.3 Å². The van der Waals surface area contributed by atoms with Gasteiger partial charge in [-0.15, -0.1) is 0 Å². The number of aryl methyl sites for hydroxylation is 1. The number of benzene rings is 4. The third-order valence-electron chi connectivity index (χ3n) is 6.78. The van der Waals surface area contributed by atoms with Crippen LogP contribution in [-0.2, 0) is 13.1 Å². The lowest BCUT2D eigenvalue weighted by Crippen LogP contribution is -2.23. The first-order valence-corrected chi connectivity index (χ1v) is 12.0. The van der Waals surface area contributed by atoms with Gasteiger partial charge in [0.25, 0.3) is 0 Å². The van der Waals surface area contributed by atoms with Gasteiger partial charge in [0.2, 0.25) is 0 Å². The van der Waals surface area contributed by atoms with Gasteiger partial charge in [-0.2, -0.15) is 0 Å². The zero-order valence-corrected chi connectivity index (χ0v) is 19.7. The normalized spacial score (nSPS) is 12.4. The molecule has 0 aliphatic rings. The van der Waals surface area contributed by atoms with Crippen molar-refractivity contribution in [3.05, 3.63) is 115 Å². The topological polar surface area (TPSA) is 43.0 Å². The number of rotatable bonds is 6. The Kier molecular flexibility index (Phi) is 5.44. The molecule has 0 unspecified atom stereocenters. The van der Waals surface area contributed by atoms with Crippen LogP contribution in [0.2, 0.25) is 0 Å². The molecule has 0 spiro atoms. The molecule has 4 aromatic carbocycles. The Balaban J connectivity index is 1.65. The molecule has 4 heteroatoms. The lowest BCUT2D eigenvalue weighted by molar-refractivity contribution is 0.135. The van der Waals surface area contributed by atoms with E-state index in [2.05, 4.69) is 101 Å². The molecule has 0 saturated carbocycles. The molecule has 172 valence electrons. The van der Waals surface area contributed by atoms with Crippen LogP contribution < -0.4 is 0 Å². The van der Waals surface area contributed by atoms with E-state index in [1.54, 1.807) is 6.20 Å². The molecule has 35 heavy (non-hydrogen) atoms. The van der Waals surface area contributed by atoms with E-state index in [0.29, 0.717) is 13.1 Å². The molecular formula is C31H27N3O. The first kappa shape index (κ1) is 21.4. The van der Waals surface area contributed by atoms with Gasteiger partial charge in [-0.25, -0.2) is 4.98 Å². The van der Waals surface area contributed by atoms with Crippen molar-refractivity contribution >= 4 is 21.7 Å². The number of nitrogens with zero attached hydrogens (tertiary/aromatic N) is 3. The maximum Gasteiger partial charge on any atom is 0.105 e. The zero-order valence-electron chi connectivity index (χ0n) is 19.7. The molecule has 4 nitrogen and oxygen atoms in total. The minimum Gasteiger partial charge on any atom is -0.389 e. The van der Waals surface area contributed by atoms with Gasteiger partial charge < -0.3 is 14.2 Å². The van der Waals surface area contributed by atoms with Gasteiger partial charge in [0.05, 0.1) is 30.4 Å². The van der Waals surface area contributed by atoms with Crippen LogP contribution in [0.15, 0.2) is 109 Å². The second-order valence-corrected chi connectivity index (χ2v) is 9.03. The Hall–Kier alpha value is -4.15. The molecule has 0 fully saturated rings. The van der Waals surface area contributed by atoms with E-state index >= 15 is 0 Å². The Bertz CT molecular complexity index is 1610. The molecule has 0 saturated heterocycles. The highest BCUT2D eigenvalue weighted by molar-refractivity contribution is 6.15. The lowest BCUT2D eigenvalue weighted by Gasteiger charge is -2.18. The van der Waals surface area contributed by atoms with Crippen molar-refractivity contribution in [3.63, 3.8) is 0 Å². The maximum absolute atomic E-state index is 11.3.